The molecular weight excluding hydrogens is 464 g/mol. The minimum absolute atomic E-state index is 0.0239. The Morgan fingerprint density at radius 1 is 1.14 bits per heavy atom. The molecule has 1 saturated carbocycles. The van der Waals surface area contributed by atoms with Gasteiger partial charge in [0, 0.05) is 37.2 Å². The van der Waals surface area contributed by atoms with E-state index in [2.05, 4.69) is 33.7 Å². The average Bonchev–Trinajstić information content (AvgIpc) is 3.19. The second-order valence-electron chi connectivity index (χ2n) is 10.5. The highest BCUT2D eigenvalue weighted by molar-refractivity contribution is 5.80. The van der Waals surface area contributed by atoms with Crippen LogP contribution < -0.4 is 16.0 Å². The number of rotatable bonds is 7. The summed E-state index contributed by atoms with van der Waals surface area (Å²) in [5, 5.41) is 14.3. The smallest absolute Gasteiger partial charge is 0.226 e. The summed E-state index contributed by atoms with van der Waals surface area (Å²) >= 11 is 0. The molecule has 206 valence electrons. The Morgan fingerprint density at radius 3 is 2.51 bits per heavy atom. The molecule has 0 aromatic carbocycles. The lowest BCUT2D eigenvalue weighted by molar-refractivity contribution is -0.139. The molecule has 3 heterocycles. The van der Waals surface area contributed by atoms with E-state index in [9.17, 15) is 9.59 Å². The standard InChI is InChI=1S/C27H42N6O2.C2H6/c1-4-5-6-24-19(2)31-26-23(17-30-32(26)3)18-33(24)27(35)22-9-7-21(8-10-22)16-29-25(34)15-20-11-13-28-14-12-20;1-2/h4-5,17,20-22,24,28,31H,2,6-16,18H2,1,3H3,(H,29,34);1-2H3/b5-4+;. The van der Waals surface area contributed by atoms with Gasteiger partial charge in [-0.3, -0.25) is 14.3 Å². The number of amides is 2. The first-order valence-corrected chi connectivity index (χ1v) is 14.3. The van der Waals surface area contributed by atoms with Crippen LogP contribution in [-0.4, -0.2) is 52.2 Å². The minimum Gasteiger partial charge on any atom is -0.356 e. The maximum atomic E-state index is 13.8. The number of carbonyl (C=O) groups is 2. The second-order valence-corrected chi connectivity index (χ2v) is 10.5. The van der Waals surface area contributed by atoms with Gasteiger partial charge < -0.3 is 20.9 Å². The summed E-state index contributed by atoms with van der Waals surface area (Å²) in [6, 6.07) is -0.0851. The lowest BCUT2D eigenvalue weighted by Crippen LogP contribution is -2.45. The molecule has 3 N–H and O–H groups in total. The van der Waals surface area contributed by atoms with Crippen molar-refractivity contribution in [3.63, 3.8) is 0 Å². The van der Waals surface area contributed by atoms with E-state index >= 15 is 0 Å². The fraction of sp³-hybridized carbons (Fsp3) is 0.690. The van der Waals surface area contributed by atoms with E-state index in [-0.39, 0.29) is 23.8 Å². The normalized spacial score (nSPS) is 24.5. The Morgan fingerprint density at radius 2 is 1.84 bits per heavy atom. The van der Waals surface area contributed by atoms with E-state index in [1.807, 2.05) is 49.7 Å². The number of anilines is 1. The Hall–Kier alpha value is -2.61. The molecular formula is C29H48N6O2. The van der Waals surface area contributed by atoms with Crippen LogP contribution in [0.4, 0.5) is 5.82 Å². The first-order chi connectivity index (χ1) is 18.0. The topological polar surface area (TPSA) is 91.3 Å². The van der Waals surface area contributed by atoms with Gasteiger partial charge in [-0.25, -0.2) is 0 Å². The molecule has 1 aromatic rings. The van der Waals surface area contributed by atoms with Gasteiger partial charge in [0.25, 0.3) is 0 Å². The summed E-state index contributed by atoms with van der Waals surface area (Å²) in [7, 11) is 1.91. The van der Waals surface area contributed by atoms with Crippen LogP contribution in [0.2, 0.25) is 0 Å². The van der Waals surface area contributed by atoms with E-state index < -0.39 is 0 Å². The second kappa shape index (κ2) is 14.4. The van der Waals surface area contributed by atoms with Gasteiger partial charge in [-0.2, -0.15) is 5.10 Å². The monoisotopic (exact) mass is 512 g/mol. The minimum atomic E-state index is -0.0851. The molecule has 3 aliphatic rings. The molecule has 2 amide bonds. The molecule has 1 unspecified atom stereocenters. The summed E-state index contributed by atoms with van der Waals surface area (Å²) < 4.78 is 1.81. The maximum Gasteiger partial charge on any atom is 0.226 e. The molecule has 0 bridgehead atoms. The predicted molar refractivity (Wildman–Crippen MR) is 150 cm³/mol. The Labute approximate surface area is 223 Å². The number of fused-ring (bicyclic) bond motifs is 1. The number of allylic oxidation sites excluding steroid dienone is 1. The molecule has 0 radical (unpaired) electrons. The molecule has 0 spiro atoms. The molecule has 2 fully saturated rings. The van der Waals surface area contributed by atoms with E-state index in [1.54, 1.807) is 0 Å². The summed E-state index contributed by atoms with van der Waals surface area (Å²) in [4.78, 5) is 28.2. The lowest BCUT2D eigenvalue weighted by Gasteiger charge is -2.36. The van der Waals surface area contributed by atoms with Crippen molar-refractivity contribution in [2.24, 2.45) is 24.8 Å². The first-order valence-electron chi connectivity index (χ1n) is 14.3. The van der Waals surface area contributed by atoms with Gasteiger partial charge in [-0.1, -0.05) is 32.6 Å². The zero-order valence-electron chi connectivity index (χ0n) is 23.4. The predicted octanol–water partition coefficient (Wildman–Crippen LogP) is 4.36. The molecule has 1 atom stereocenters. The third kappa shape index (κ3) is 7.69. The van der Waals surface area contributed by atoms with Crippen LogP contribution in [0.3, 0.4) is 0 Å². The summed E-state index contributed by atoms with van der Waals surface area (Å²) in [5.41, 5.74) is 1.86. The molecule has 1 aliphatic carbocycles. The maximum absolute atomic E-state index is 13.8. The fourth-order valence-electron chi connectivity index (χ4n) is 5.77. The van der Waals surface area contributed by atoms with Crippen molar-refractivity contribution >= 4 is 17.6 Å². The summed E-state index contributed by atoms with van der Waals surface area (Å²) in [5.74, 6) is 2.31. The van der Waals surface area contributed by atoms with Gasteiger partial charge in [0.15, 0.2) is 0 Å². The quantitative estimate of drug-likeness (QED) is 0.472. The van der Waals surface area contributed by atoms with Crippen molar-refractivity contribution in [2.75, 3.05) is 25.0 Å². The van der Waals surface area contributed by atoms with Crippen molar-refractivity contribution in [1.82, 2.24) is 25.3 Å². The third-order valence-corrected chi connectivity index (χ3v) is 8.01. The van der Waals surface area contributed by atoms with Crippen LogP contribution >= 0.6 is 0 Å². The Balaban J connectivity index is 0.00000186. The van der Waals surface area contributed by atoms with Gasteiger partial charge in [-0.15, -0.1) is 0 Å². The zero-order valence-corrected chi connectivity index (χ0v) is 23.4. The lowest BCUT2D eigenvalue weighted by atomic mass is 9.81. The number of nitrogens with one attached hydrogen (secondary N) is 3. The van der Waals surface area contributed by atoms with Crippen molar-refractivity contribution in [2.45, 2.75) is 84.7 Å². The number of nitrogens with zero attached hydrogens (tertiary/aromatic N) is 3. The molecule has 2 aliphatic heterocycles. The van der Waals surface area contributed by atoms with Crippen LogP contribution in [0, 0.1) is 17.8 Å². The van der Waals surface area contributed by atoms with Crippen LogP contribution in [0.15, 0.2) is 30.6 Å². The van der Waals surface area contributed by atoms with E-state index in [4.69, 9.17) is 0 Å². The SMILES string of the molecule is C=C1Nc2c(cnn2C)CN(C(=O)C2CCC(CNC(=O)CC3CCNCC3)CC2)C1C/C=C/C.CC. The Bertz CT molecular complexity index is 925. The van der Waals surface area contributed by atoms with E-state index in [0.717, 1.165) is 81.7 Å². The van der Waals surface area contributed by atoms with Crippen molar-refractivity contribution in [3.8, 4) is 0 Å². The molecule has 8 heteroatoms. The molecule has 37 heavy (non-hydrogen) atoms. The zero-order chi connectivity index (χ0) is 26.8. The highest BCUT2D eigenvalue weighted by Gasteiger charge is 2.36. The van der Waals surface area contributed by atoms with Gasteiger partial charge in [0.05, 0.1) is 18.8 Å². The first kappa shape index (κ1) is 29.0. The molecule has 8 nitrogen and oxygen atoms in total. The van der Waals surface area contributed by atoms with Crippen LogP contribution in [0.25, 0.3) is 0 Å². The van der Waals surface area contributed by atoms with Crippen molar-refractivity contribution < 1.29 is 9.59 Å². The fourth-order valence-corrected chi connectivity index (χ4v) is 5.77. The number of aryl methyl sites for hydroxylation is 1. The van der Waals surface area contributed by atoms with E-state index in [0.29, 0.717) is 24.8 Å². The summed E-state index contributed by atoms with van der Waals surface area (Å²) in [6.45, 7) is 13.6. The average molecular weight is 513 g/mol. The van der Waals surface area contributed by atoms with Crippen molar-refractivity contribution in [3.05, 3.63) is 36.2 Å². The Kier molecular flexibility index (Phi) is 11.2. The molecule has 1 saturated heterocycles. The number of aromatic nitrogens is 2. The van der Waals surface area contributed by atoms with Gasteiger partial charge in [0.1, 0.15) is 5.82 Å². The number of piperidine rings is 1. The van der Waals surface area contributed by atoms with Crippen LogP contribution in [-0.2, 0) is 23.2 Å². The van der Waals surface area contributed by atoms with Gasteiger partial charge >= 0.3 is 0 Å². The number of hydrogen-bond donors (Lipinski definition) is 3. The largest absolute Gasteiger partial charge is 0.356 e. The van der Waals surface area contributed by atoms with Crippen LogP contribution in [0.1, 0.15) is 77.7 Å². The number of hydrogen-bond acceptors (Lipinski definition) is 5. The van der Waals surface area contributed by atoms with Crippen LogP contribution in [0.5, 0.6) is 0 Å². The van der Waals surface area contributed by atoms with Gasteiger partial charge in [0.2, 0.25) is 11.8 Å². The molecule has 4 rings (SSSR count). The molecule has 1 aromatic heterocycles. The number of carbonyl (C=O) groups excluding carboxylic acids is 2. The highest BCUT2D eigenvalue weighted by Crippen LogP contribution is 2.34. The third-order valence-electron chi connectivity index (χ3n) is 8.01. The highest BCUT2D eigenvalue weighted by atomic mass is 16.2. The van der Waals surface area contributed by atoms with Gasteiger partial charge in [-0.05, 0) is 76.8 Å². The van der Waals surface area contributed by atoms with Crippen molar-refractivity contribution in [1.29, 1.82) is 0 Å². The summed E-state index contributed by atoms with van der Waals surface area (Å²) in [6.07, 6.45) is 13.3. The van der Waals surface area contributed by atoms with E-state index in [1.165, 1.54) is 0 Å².